The van der Waals surface area contributed by atoms with Gasteiger partial charge in [-0.3, -0.25) is 0 Å². The number of aliphatic hydroxyl groups is 1. The van der Waals surface area contributed by atoms with Gasteiger partial charge in [0.2, 0.25) is 0 Å². The third kappa shape index (κ3) is 2.46. The van der Waals surface area contributed by atoms with E-state index in [2.05, 4.69) is 15.9 Å². The Morgan fingerprint density at radius 3 is 2.62 bits per heavy atom. The molecule has 1 aromatic carbocycles. The van der Waals surface area contributed by atoms with E-state index in [4.69, 9.17) is 0 Å². The summed E-state index contributed by atoms with van der Waals surface area (Å²) in [6.07, 6.45) is 4.96. The maximum absolute atomic E-state index is 13.6. The van der Waals surface area contributed by atoms with Crippen molar-refractivity contribution >= 4 is 15.9 Å². The molecule has 0 heterocycles. The summed E-state index contributed by atoms with van der Waals surface area (Å²) in [6, 6.07) is 5.02. The van der Waals surface area contributed by atoms with Crippen LogP contribution in [0.1, 0.15) is 31.2 Å². The van der Waals surface area contributed by atoms with Crippen molar-refractivity contribution in [3.05, 3.63) is 34.1 Å². The summed E-state index contributed by atoms with van der Waals surface area (Å²) in [5, 5.41) is 9.50. The fraction of sp³-hybridized carbons (Fsp3) is 0.538. The van der Waals surface area contributed by atoms with E-state index in [1.165, 1.54) is 6.07 Å². The van der Waals surface area contributed by atoms with E-state index in [0.29, 0.717) is 12.0 Å². The Hall–Kier alpha value is -0.410. The second-order valence-electron chi connectivity index (χ2n) is 4.78. The highest BCUT2D eigenvalue weighted by atomic mass is 79.9. The lowest BCUT2D eigenvalue weighted by atomic mass is 9.81. The first kappa shape index (κ1) is 12.1. The topological polar surface area (TPSA) is 20.2 Å². The van der Waals surface area contributed by atoms with Crippen LogP contribution in [-0.2, 0) is 6.42 Å². The van der Waals surface area contributed by atoms with Crippen LogP contribution in [0.4, 0.5) is 4.39 Å². The smallest absolute Gasteiger partial charge is 0.126 e. The minimum absolute atomic E-state index is 0.0817. The zero-order valence-electron chi connectivity index (χ0n) is 9.18. The Bertz CT molecular complexity index is 372. The van der Waals surface area contributed by atoms with Crippen molar-refractivity contribution in [1.82, 2.24) is 0 Å². The Kier molecular flexibility index (Phi) is 3.65. The molecule has 0 aromatic heterocycles. The van der Waals surface area contributed by atoms with E-state index in [1.54, 1.807) is 6.07 Å². The Morgan fingerprint density at radius 2 is 2.00 bits per heavy atom. The lowest BCUT2D eigenvalue weighted by Crippen LogP contribution is -2.24. The van der Waals surface area contributed by atoms with Gasteiger partial charge < -0.3 is 5.11 Å². The summed E-state index contributed by atoms with van der Waals surface area (Å²) in [4.78, 5) is 0. The fourth-order valence-corrected chi connectivity index (χ4v) is 3.01. The summed E-state index contributed by atoms with van der Waals surface area (Å²) in [6.45, 7) is 0.166. The predicted octanol–water partition coefficient (Wildman–Crippen LogP) is 3.68. The van der Waals surface area contributed by atoms with Gasteiger partial charge in [-0.05, 0) is 48.4 Å². The molecule has 0 amide bonds. The largest absolute Gasteiger partial charge is 0.396 e. The third-order valence-electron chi connectivity index (χ3n) is 3.57. The number of halogens is 2. The third-order valence-corrected chi connectivity index (χ3v) is 4.07. The van der Waals surface area contributed by atoms with Crippen molar-refractivity contribution in [2.75, 3.05) is 6.61 Å². The van der Waals surface area contributed by atoms with Crippen LogP contribution >= 0.6 is 15.9 Å². The van der Waals surface area contributed by atoms with Crippen molar-refractivity contribution in [2.45, 2.75) is 32.1 Å². The van der Waals surface area contributed by atoms with E-state index < -0.39 is 0 Å². The molecule has 0 spiro atoms. The summed E-state index contributed by atoms with van der Waals surface area (Å²) >= 11 is 3.36. The van der Waals surface area contributed by atoms with Gasteiger partial charge in [-0.1, -0.05) is 28.8 Å². The average Bonchev–Trinajstić information content (AvgIpc) is 2.73. The molecule has 1 fully saturated rings. The van der Waals surface area contributed by atoms with Crippen molar-refractivity contribution in [1.29, 1.82) is 0 Å². The minimum atomic E-state index is -0.164. The standard InChI is InChI=1S/C13H16BrFO/c14-11-3-4-12(15)10(7-11)8-13(9-16)5-1-2-6-13/h3-4,7,16H,1-2,5-6,8-9H2. The van der Waals surface area contributed by atoms with Crippen LogP contribution in [0.3, 0.4) is 0 Å². The molecule has 0 radical (unpaired) electrons. The first-order valence-corrected chi connectivity index (χ1v) is 6.49. The number of hydrogen-bond donors (Lipinski definition) is 1. The maximum atomic E-state index is 13.6. The predicted molar refractivity (Wildman–Crippen MR) is 65.8 cm³/mol. The van der Waals surface area contributed by atoms with Crippen molar-refractivity contribution in [3.8, 4) is 0 Å². The molecule has 16 heavy (non-hydrogen) atoms. The molecule has 1 nitrogen and oxygen atoms in total. The number of rotatable bonds is 3. The van der Waals surface area contributed by atoms with E-state index in [1.807, 2.05) is 6.07 Å². The van der Waals surface area contributed by atoms with Gasteiger partial charge in [0.1, 0.15) is 5.82 Å². The monoisotopic (exact) mass is 286 g/mol. The number of aliphatic hydroxyl groups excluding tert-OH is 1. The second kappa shape index (κ2) is 4.84. The Morgan fingerprint density at radius 1 is 1.31 bits per heavy atom. The SMILES string of the molecule is OCC1(Cc2cc(Br)ccc2F)CCCC1. The normalized spacial score (nSPS) is 18.9. The molecule has 1 aliphatic rings. The van der Waals surface area contributed by atoms with E-state index >= 15 is 0 Å². The second-order valence-corrected chi connectivity index (χ2v) is 5.69. The van der Waals surface area contributed by atoms with Crippen LogP contribution in [0.15, 0.2) is 22.7 Å². The van der Waals surface area contributed by atoms with Crippen LogP contribution in [0.2, 0.25) is 0 Å². The molecule has 3 heteroatoms. The molecule has 0 unspecified atom stereocenters. The summed E-state index contributed by atoms with van der Waals surface area (Å²) < 4.78 is 14.5. The van der Waals surface area contributed by atoms with Gasteiger partial charge in [-0.2, -0.15) is 0 Å². The quantitative estimate of drug-likeness (QED) is 0.899. The first-order chi connectivity index (χ1) is 7.65. The molecule has 2 rings (SSSR count). The van der Waals surface area contributed by atoms with Crippen LogP contribution in [-0.4, -0.2) is 11.7 Å². The molecule has 0 bridgehead atoms. The van der Waals surface area contributed by atoms with Crippen molar-refractivity contribution in [3.63, 3.8) is 0 Å². The lowest BCUT2D eigenvalue weighted by Gasteiger charge is -2.26. The molecule has 1 aromatic rings. The maximum Gasteiger partial charge on any atom is 0.126 e. The van der Waals surface area contributed by atoms with Gasteiger partial charge in [-0.15, -0.1) is 0 Å². The summed E-state index contributed by atoms with van der Waals surface area (Å²) in [5.74, 6) is -0.164. The van der Waals surface area contributed by atoms with E-state index in [9.17, 15) is 9.50 Å². The molecule has 0 aliphatic heterocycles. The number of hydrogen-bond acceptors (Lipinski definition) is 1. The molecular formula is C13H16BrFO. The molecule has 88 valence electrons. The van der Waals surface area contributed by atoms with Crippen LogP contribution in [0, 0.1) is 11.2 Å². The molecule has 1 N–H and O–H groups in total. The minimum Gasteiger partial charge on any atom is -0.396 e. The van der Waals surface area contributed by atoms with E-state index in [0.717, 1.165) is 30.2 Å². The Balaban J connectivity index is 2.21. The van der Waals surface area contributed by atoms with Gasteiger partial charge in [-0.25, -0.2) is 4.39 Å². The van der Waals surface area contributed by atoms with Crippen LogP contribution in [0.5, 0.6) is 0 Å². The van der Waals surface area contributed by atoms with Gasteiger partial charge in [0.15, 0.2) is 0 Å². The highest BCUT2D eigenvalue weighted by Gasteiger charge is 2.33. The number of benzene rings is 1. The molecular weight excluding hydrogens is 271 g/mol. The molecule has 0 atom stereocenters. The molecule has 1 aliphatic carbocycles. The van der Waals surface area contributed by atoms with Gasteiger partial charge in [0.25, 0.3) is 0 Å². The van der Waals surface area contributed by atoms with Crippen molar-refractivity contribution < 1.29 is 9.50 Å². The van der Waals surface area contributed by atoms with Crippen LogP contribution < -0.4 is 0 Å². The van der Waals surface area contributed by atoms with Crippen molar-refractivity contribution in [2.24, 2.45) is 5.41 Å². The zero-order chi connectivity index (χ0) is 11.6. The highest BCUT2D eigenvalue weighted by molar-refractivity contribution is 9.10. The fourth-order valence-electron chi connectivity index (χ4n) is 2.60. The Labute approximate surface area is 104 Å². The zero-order valence-corrected chi connectivity index (χ0v) is 10.8. The highest BCUT2D eigenvalue weighted by Crippen LogP contribution is 2.41. The molecule has 1 saturated carbocycles. The van der Waals surface area contributed by atoms with Crippen LogP contribution in [0.25, 0.3) is 0 Å². The molecule has 0 saturated heterocycles. The van der Waals surface area contributed by atoms with Gasteiger partial charge in [0, 0.05) is 11.1 Å². The van der Waals surface area contributed by atoms with Gasteiger partial charge >= 0.3 is 0 Å². The summed E-state index contributed by atoms with van der Waals surface area (Å²) in [7, 11) is 0. The average molecular weight is 287 g/mol. The lowest BCUT2D eigenvalue weighted by molar-refractivity contribution is 0.129. The van der Waals surface area contributed by atoms with Gasteiger partial charge in [0.05, 0.1) is 0 Å². The first-order valence-electron chi connectivity index (χ1n) is 5.70. The summed E-state index contributed by atoms with van der Waals surface area (Å²) in [5.41, 5.74) is 0.632. The van der Waals surface area contributed by atoms with E-state index in [-0.39, 0.29) is 17.8 Å².